The van der Waals surface area contributed by atoms with Crippen molar-refractivity contribution in [2.24, 2.45) is 0 Å². The Morgan fingerprint density at radius 3 is 2.21 bits per heavy atom. The highest BCUT2D eigenvalue weighted by Crippen LogP contribution is 2.43. The maximum absolute atomic E-state index is 13.5. The molecule has 1 saturated heterocycles. The van der Waals surface area contributed by atoms with Gasteiger partial charge in [-0.3, -0.25) is 19.5 Å². The van der Waals surface area contributed by atoms with Crippen molar-refractivity contribution < 1.29 is 19.4 Å². The van der Waals surface area contributed by atoms with Crippen LogP contribution in [0.4, 0.5) is 5.69 Å². The molecule has 6 nitrogen and oxygen atoms in total. The van der Waals surface area contributed by atoms with Crippen molar-refractivity contribution in [1.82, 2.24) is 4.98 Å². The van der Waals surface area contributed by atoms with E-state index in [9.17, 15) is 14.7 Å². The molecule has 1 amide bonds. The van der Waals surface area contributed by atoms with Crippen LogP contribution >= 0.6 is 0 Å². The summed E-state index contributed by atoms with van der Waals surface area (Å²) in [7, 11) is 0. The Morgan fingerprint density at radius 1 is 0.974 bits per heavy atom. The molecule has 1 unspecified atom stereocenters. The number of aliphatic hydroxyl groups is 1. The number of benzene rings is 2. The number of anilines is 1. The highest BCUT2D eigenvalue weighted by atomic mass is 16.5. The molecule has 6 heteroatoms. The first-order valence-corrected chi connectivity index (χ1v) is 12.9. The smallest absolute Gasteiger partial charge is 0.300 e. The van der Waals surface area contributed by atoms with E-state index in [0.29, 0.717) is 23.4 Å². The summed E-state index contributed by atoms with van der Waals surface area (Å²) >= 11 is 0. The number of pyridine rings is 1. The van der Waals surface area contributed by atoms with Crippen molar-refractivity contribution in [2.75, 3.05) is 11.5 Å². The number of hydrogen-bond donors (Lipinski definition) is 1. The lowest BCUT2D eigenvalue weighted by atomic mass is 9.84. The van der Waals surface area contributed by atoms with E-state index in [1.54, 1.807) is 30.6 Å². The summed E-state index contributed by atoms with van der Waals surface area (Å²) in [4.78, 5) is 32.7. The van der Waals surface area contributed by atoms with Gasteiger partial charge >= 0.3 is 0 Å². The summed E-state index contributed by atoms with van der Waals surface area (Å²) in [6.45, 7) is 15.0. The molecular weight excluding hydrogens is 476 g/mol. The van der Waals surface area contributed by atoms with Crippen molar-refractivity contribution in [3.8, 4) is 5.75 Å². The second kappa shape index (κ2) is 10.1. The molecule has 0 saturated carbocycles. The number of carbonyl (C=O) groups is 2. The predicted molar refractivity (Wildman–Crippen MR) is 150 cm³/mol. The van der Waals surface area contributed by atoms with Gasteiger partial charge in [0, 0.05) is 29.2 Å². The number of nitrogens with zero attached hydrogens (tertiary/aromatic N) is 2. The molecule has 1 aliphatic heterocycles. The molecule has 1 atom stereocenters. The second-order valence-corrected chi connectivity index (χ2v) is 11.6. The number of Topliss-reactive ketones (excluding diaryl/α,β-unsaturated/α-hetero) is 1. The van der Waals surface area contributed by atoms with E-state index >= 15 is 0 Å². The second-order valence-electron chi connectivity index (χ2n) is 11.6. The molecule has 38 heavy (non-hydrogen) atoms. The van der Waals surface area contributed by atoms with Crippen LogP contribution in [0.5, 0.6) is 5.75 Å². The Balaban J connectivity index is 1.90. The lowest BCUT2D eigenvalue weighted by Crippen LogP contribution is -2.29. The van der Waals surface area contributed by atoms with Crippen molar-refractivity contribution in [3.63, 3.8) is 0 Å². The molecule has 0 radical (unpaired) electrons. The van der Waals surface area contributed by atoms with Crippen LogP contribution in [0.15, 0.2) is 72.6 Å². The lowest BCUT2D eigenvalue weighted by molar-refractivity contribution is -0.132. The number of ether oxygens (including phenoxy) is 1. The monoisotopic (exact) mass is 512 g/mol. The van der Waals surface area contributed by atoms with Crippen LogP contribution in [0.25, 0.3) is 5.76 Å². The number of aliphatic hydroxyl groups excluding tert-OH is 1. The molecule has 2 heterocycles. The molecule has 1 aromatic heterocycles. The van der Waals surface area contributed by atoms with Gasteiger partial charge in [0.1, 0.15) is 11.5 Å². The number of hydrogen-bond acceptors (Lipinski definition) is 5. The normalized spacial score (nSPS) is 17.7. The topological polar surface area (TPSA) is 79.7 Å². The Morgan fingerprint density at radius 2 is 1.66 bits per heavy atom. The summed E-state index contributed by atoms with van der Waals surface area (Å²) in [5.74, 6) is -0.923. The fourth-order valence-electron chi connectivity index (χ4n) is 4.77. The Bertz CT molecular complexity index is 1380. The molecule has 3 aromatic rings. The average molecular weight is 513 g/mol. The quantitative estimate of drug-likeness (QED) is 0.234. The standard InChI is InChI=1S/C32H36N2O4/c1-8-38-25-16-11-20(18-24(25)32(5,6)7)28(35)26-27(21-10-9-17-33-19-21)34(30(37)29(26)36)23-14-12-22(13-15-23)31(2,3)4/h9-19,27,35H,8H2,1-7H3/b28-26-. The van der Waals surface area contributed by atoms with Gasteiger partial charge in [-0.15, -0.1) is 0 Å². The van der Waals surface area contributed by atoms with Crippen LogP contribution in [-0.2, 0) is 20.4 Å². The van der Waals surface area contributed by atoms with Crippen LogP contribution in [-0.4, -0.2) is 28.4 Å². The van der Waals surface area contributed by atoms with Gasteiger partial charge in [-0.1, -0.05) is 59.7 Å². The fourth-order valence-corrected chi connectivity index (χ4v) is 4.77. The molecule has 1 N–H and O–H groups in total. The first-order chi connectivity index (χ1) is 17.8. The Hall–Kier alpha value is -3.93. The first-order valence-electron chi connectivity index (χ1n) is 12.9. The number of ketones is 1. The zero-order valence-corrected chi connectivity index (χ0v) is 23.2. The third kappa shape index (κ3) is 5.08. The Kier molecular flexibility index (Phi) is 7.20. The minimum atomic E-state index is -0.825. The van der Waals surface area contributed by atoms with E-state index in [1.165, 1.54) is 4.90 Å². The molecular formula is C32H36N2O4. The van der Waals surface area contributed by atoms with Crippen LogP contribution in [0, 0.1) is 0 Å². The van der Waals surface area contributed by atoms with Crippen molar-refractivity contribution in [2.45, 2.75) is 65.3 Å². The third-order valence-corrected chi connectivity index (χ3v) is 6.82. The van der Waals surface area contributed by atoms with Gasteiger partial charge in [-0.2, -0.15) is 0 Å². The van der Waals surface area contributed by atoms with Crippen molar-refractivity contribution in [3.05, 3.63) is 94.8 Å². The van der Waals surface area contributed by atoms with E-state index in [4.69, 9.17) is 4.74 Å². The number of aromatic nitrogens is 1. The van der Waals surface area contributed by atoms with Crippen LogP contribution < -0.4 is 9.64 Å². The average Bonchev–Trinajstić information content (AvgIpc) is 3.13. The summed E-state index contributed by atoms with van der Waals surface area (Å²) in [6, 6.07) is 15.8. The number of rotatable bonds is 5. The van der Waals surface area contributed by atoms with Gasteiger partial charge in [-0.25, -0.2) is 0 Å². The fraction of sp³-hybridized carbons (Fsp3) is 0.344. The minimum Gasteiger partial charge on any atom is -0.507 e. The summed E-state index contributed by atoms with van der Waals surface area (Å²) in [6.07, 6.45) is 3.26. The summed E-state index contributed by atoms with van der Waals surface area (Å²) < 4.78 is 5.83. The lowest BCUT2D eigenvalue weighted by Gasteiger charge is -2.27. The van der Waals surface area contributed by atoms with Crippen molar-refractivity contribution >= 4 is 23.1 Å². The molecule has 1 aliphatic rings. The summed E-state index contributed by atoms with van der Waals surface area (Å²) in [5.41, 5.74) is 3.37. The maximum Gasteiger partial charge on any atom is 0.300 e. The Labute approximate surface area is 225 Å². The van der Waals surface area contributed by atoms with Crippen molar-refractivity contribution in [1.29, 1.82) is 0 Å². The zero-order chi connectivity index (χ0) is 27.8. The van der Waals surface area contributed by atoms with E-state index in [1.807, 2.05) is 43.3 Å². The predicted octanol–water partition coefficient (Wildman–Crippen LogP) is 6.70. The molecule has 1 fully saturated rings. The van der Waals surface area contributed by atoms with Gasteiger partial charge in [-0.05, 0) is 65.3 Å². The van der Waals surface area contributed by atoms with Gasteiger partial charge < -0.3 is 9.84 Å². The zero-order valence-electron chi connectivity index (χ0n) is 23.2. The molecule has 4 rings (SSSR count). The molecule has 0 aliphatic carbocycles. The molecule has 2 aromatic carbocycles. The first kappa shape index (κ1) is 27.1. The summed E-state index contributed by atoms with van der Waals surface area (Å²) in [5, 5.41) is 11.6. The van der Waals surface area contributed by atoms with Crippen LogP contribution in [0.1, 0.15) is 76.8 Å². The van der Waals surface area contributed by atoms with Gasteiger partial charge in [0.05, 0.1) is 18.2 Å². The molecule has 198 valence electrons. The van der Waals surface area contributed by atoms with E-state index < -0.39 is 17.7 Å². The van der Waals surface area contributed by atoms with E-state index in [-0.39, 0.29) is 22.2 Å². The largest absolute Gasteiger partial charge is 0.507 e. The maximum atomic E-state index is 13.5. The van der Waals surface area contributed by atoms with E-state index in [0.717, 1.165) is 16.9 Å². The van der Waals surface area contributed by atoms with Crippen LogP contribution in [0.2, 0.25) is 0 Å². The van der Waals surface area contributed by atoms with Gasteiger partial charge in [0.25, 0.3) is 11.7 Å². The van der Waals surface area contributed by atoms with Crippen LogP contribution in [0.3, 0.4) is 0 Å². The molecule has 0 spiro atoms. The number of carbonyl (C=O) groups excluding carboxylic acids is 2. The molecule has 0 bridgehead atoms. The minimum absolute atomic E-state index is 0.0342. The third-order valence-electron chi connectivity index (χ3n) is 6.82. The van der Waals surface area contributed by atoms with Gasteiger partial charge in [0.2, 0.25) is 0 Å². The van der Waals surface area contributed by atoms with Gasteiger partial charge in [0.15, 0.2) is 0 Å². The number of amides is 1. The highest BCUT2D eigenvalue weighted by Gasteiger charge is 2.47. The van der Waals surface area contributed by atoms with E-state index in [2.05, 4.69) is 46.5 Å². The SMILES string of the molecule is CCOc1ccc(/C(O)=C2/C(=O)C(=O)N(c3ccc(C(C)(C)C)cc3)C2c2cccnc2)cc1C(C)(C)C. The highest BCUT2D eigenvalue weighted by molar-refractivity contribution is 6.51.